The van der Waals surface area contributed by atoms with Crippen molar-refractivity contribution in [2.75, 3.05) is 23.7 Å². The van der Waals surface area contributed by atoms with Crippen LogP contribution in [0.3, 0.4) is 0 Å². The van der Waals surface area contributed by atoms with Crippen molar-refractivity contribution in [3.05, 3.63) is 11.9 Å². The fraction of sp³-hybridized carbons (Fsp3) is 0.667. The van der Waals surface area contributed by atoms with E-state index in [1.807, 2.05) is 6.07 Å². The van der Waals surface area contributed by atoms with Crippen LogP contribution in [0.5, 0.6) is 0 Å². The highest BCUT2D eigenvalue weighted by Gasteiger charge is 2.20. The van der Waals surface area contributed by atoms with Crippen molar-refractivity contribution in [2.45, 2.75) is 52.0 Å². The lowest BCUT2D eigenvalue weighted by molar-refractivity contribution is -0.119. The van der Waals surface area contributed by atoms with Crippen LogP contribution in [0.1, 0.15) is 51.8 Å². The summed E-state index contributed by atoms with van der Waals surface area (Å²) >= 11 is 0. The quantitative estimate of drug-likeness (QED) is 0.717. The van der Waals surface area contributed by atoms with E-state index < -0.39 is 0 Å². The average Bonchev–Trinajstić information content (AvgIpc) is 2.88. The molecule has 0 saturated carbocycles. The maximum absolute atomic E-state index is 11.2. The molecule has 6 heteroatoms. The molecule has 0 bridgehead atoms. The highest BCUT2D eigenvalue weighted by molar-refractivity contribution is 5.78. The van der Waals surface area contributed by atoms with Crippen LogP contribution in [0.15, 0.2) is 6.07 Å². The second-order valence-corrected chi connectivity index (χ2v) is 5.76. The van der Waals surface area contributed by atoms with Crippen LogP contribution in [0.25, 0.3) is 0 Å². The molecular weight excluding hydrogens is 266 g/mol. The van der Waals surface area contributed by atoms with Crippen molar-refractivity contribution in [3.63, 3.8) is 0 Å². The molecule has 116 valence electrons. The third-order valence-corrected chi connectivity index (χ3v) is 3.43. The average molecular weight is 291 g/mol. The van der Waals surface area contributed by atoms with Gasteiger partial charge in [-0.25, -0.2) is 9.97 Å². The Morgan fingerprint density at radius 3 is 2.62 bits per heavy atom. The number of carbonyl (C=O) groups is 1. The van der Waals surface area contributed by atoms with E-state index >= 15 is 0 Å². The topological polar surface area (TPSA) is 78.9 Å². The number of nitrogens with one attached hydrogen (secondary N) is 3. The Bertz CT molecular complexity index is 489. The molecule has 1 fully saturated rings. The summed E-state index contributed by atoms with van der Waals surface area (Å²) in [6.45, 7) is 7.89. The van der Waals surface area contributed by atoms with Gasteiger partial charge in [0.25, 0.3) is 0 Å². The Labute approximate surface area is 126 Å². The predicted molar refractivity (Wildman–Crippen MR) is 84.6 cm³/mol. The van der Waals surface area contributed by atoms with Crippen LogP contribution in [0.2, 0.25) is 0 Å². The van der Waals surface area contributed by atoms with Gasteiger partial charge in [-0.15, -0.1) is 0 Å². The first kappa shape index (κ1) is 15.5. The van der Waals surface area contributed by atoms with Crippen LogP contribution >= 0.6 is 0 Å². The van der Waals surface area contributed by atoms with Crippen LogP contribution in [-0.4, -0.2) is 35.0 Å². The van der Waals surface area contributed by atoms with Gasteiger partial charge < -0.3 is 16.0 Å². The normalized spacial score (nSPS) is 17.9. The van der Waals surface area contributed by atoms with Crippen molar-refractivity contribution >= 4 is 17.5 Å². The smallest absolute Gasteiger partial charge is 0.220 e. The summed E-state index contributed by atoms with van der Waals surface area (Å²) < 4.78 is 0. The molecule has 2 rings (SSSR count). The van der Waals surface area contributed by atoms with E-state index in [1.54, 1.807) is 0 Å². The van der Waals surface area contributed by atoms with Gasteiger partial charge in [0.15, 0.2) is 0 Å². The van der Waals surface area contributed by atoms with Gasteiger partial charge in [-0.3, -0.25) is 4.79 Å². The largest absolute Gasteiger partial charge is 0.370 e. The number of nitrogens with zero attached hydrogens (tertiary/aromatic N) is 2. The summed E-state index contributed by atoms with van der Waals surface area (Å²) in [5.74, 6) is 2.91. The first-order chi connectivity index (χ1) is 10.1. The lowest BCUT2D eigenvalue weighted by Gasteiger charge is -2.15. The number of hydrogen-bond acceptors (Lipinski definition) is 5. The third-order valence-electron chi connectivity index (χ3n) is 3.43. The van der Waals surface area contributed by atoms with Crippen molar-refractivity contribution in [3.8, 4) is 0 Å². The minimum absolute atomic E-state index is 0.137. The highest BCUT2D eigenvalue weighted by atomic mass is 16.1. The summed E-state index contributed by atoms with van der Waals surface area (Å²) in [5, 5.41) is 9.57. The molecule has 1 aromatic rings. The number of hydrogen-bond donors (Lipinski definition) is 3. The van der Waals surface area contributed by atoms with Crippen LogP contribution in [-0.2, 0) is 4.79 Å². The summed E-state index contributed by atoms with van der Waals surface area (Å²) in [7, 11) is 0. The minimum Gasteiger partial charge on any atom is -0.370 e. The lowest BCUT2D eigenvalue weighted by atomic mass is 10.2. The molecule has 0 radical (unpaired) electrons. The zero-order valence-electron chi connectivity index (χ0n) is 13.1. The van der Waals surface area contributed by atoms with Gasteiger partial charge >= 0.3 is 0 Å². The molecule has 6 nitrogen and oxygen atoms in total. The first-order valence-corrected chi connectivity index (χ1v) is 7.74. The van der Waals surface area contributed by atoms with Crippen LogP contribution in [0.4, 0.5) is 11.6 Å². The molecule has 21 heavy (non-hydrogen) atoms. The summed E-state index contributed by atoms with van der Waals surface area (Å²) in [6, 6.07) is 2.13. The lowest BCUT2D eigenvalue weighted by Crippen LogP contribution is -2.32. The highest BCUT2D eigenvalue weighted by Crippen LogP contribution is 2.17. The molecule has 1 aliphatic heterocycles. The van der Waals surface area contributed by atoms with E-state index in [0.717, 1.165) is 36.8 Å². The number of aromatic nitrogens is 2. The fourth-order valence-electron chi connectivity index (χ4n) is 2.22. The Morgan fingerprint density at radius 1 is 1.33 bits per heavy atom. The summed E-state index contributed by atoms with van der Waals surface area (Å²) in [5.41, 5.74) is 0. The predicted octanol–water partition coefficient (Wildman–Crippen LogP) is 2.11. The van der Waals surface area contributed by atoms with E-state index in [9.17, 15) is 4.79 Å². The fourth-order valence-corrected chi connectivity index (χ4v) is 2.22. The standard InChI is InChI=1S/C15H25N5O/c1-4-7-16-12-8-13(20-15(19-12)10(2)3)17-9-11-5-6-14(21)18-11/h8,10-11H,4-7,9H2,1-3H3,(H,18,21)(H2,16,17,19,20). The van der Waals surface area contributed by atoms with Gasteiger partial charge in [0.1, 0.15) is 17.5 Å². The van der Waals surface area contributed by atoms with Crippen molar-refractivity contribution in [1.29, 1.82) is 0 Å². The molecule has 1 aromatic heterocycles. The molecule has 2 heterocycles. The summed E-state index contributed by atoms with van der Waals surface area (Å²) in [4.78, 5) is 20.3. The van der Waals surface area contributed by atoms with Gasteiger partial charge in [0, 0.05) is 37.5 Å². The van der Waals surface area contributed by atoms with Crippen LogP contribution in [0, 0.1) is 0 Å². The van der Waals surface area contributed by atoms with E-state index in [1.165, 1.54) is 0 Å². The number of anilines is 2. The Hall–Kier alpha value is -1.85. The first-order valence-electron chi connectivity index (χ1n) is 7.74. The van der Waals surface area contributed by atoms with Gasteiger partial charge in [0.05, 0.1) is 0 Å². The second-order valence-electron chi connectivity index (χ2n) is 5.76. The Kier molecular flexibility index (Phi) is 5.36. The maximum atomic E-state index is 11.2. The molecular formula is C15H25N5O. The van der Waals surface area contributed by atoms with Crippen molar-refractivity contribution in [1.82, 2.24) is 15.3 Å². The number of amides is 1. The minimum atomic E-state index is 0.137. The molecule has 0 aromatic carbocycles. The van der Waals surface area contributed by atoms with Gasteiger partial charge in [-0.1, -0.05) is 20.8 Å². The van der Waals surface area contributed by atoms with Crippen molar-refractivity contribution < 1.29 is 4.79 Å². The molecule has 0 aliphatic carbocycles. The van der Waals surface area contributed by atoms with Crippen LogP contribution < -0.4 is 16.0 Å². The van der Waals surface area contributed by atoms with E-state index in [4.69, 9.17) is 0 Å². The molecule has 1 saturated heterocycles. The molecule has 0 spiro atoms. The zero-order chi connectivity index (χ0) is 15.2. The van der Waals surface area contributed by atoms with Gasteiger partial charge in [0.2, 0.25) is 5.91 Å². The summed E-state index contributed by atoms with van der Waals surface area (Å²) in [6.07, 6.45) is 2.56. The third kappa shape index (κ3) is 4.58. The van der Waals surface area contributed by atoms with E-state index in [0.29, 0.717) is 13.0 Å². The van der Waals surface area contributed by atoms with Gasteiger partial charge in [-0.05, 0) is 12.8 Å². The number of carbonyl (C=O) groups excluding carboxylic acids is 1. The van der Waals surface area contributed by atoms with Crippen molar-refractivity contribution in [2.24, 2.45) is 0 Å². The molecule has 1 atom stereocenters. The van der Waals surface area contributed by atoms with E-state index in [2.05, 4.69) is 46.7 Å². The van der Waals surface area contributed by atoms with E-state index in [-0.39, 0.29) is 17.9 Å². The maximum Gasteiger partial charge on any atom is 0.220 e. The number of rotatable bonds is 7. The molecule has 1 unspecified atom stereocenters. The van der Waals surface area contributed by atoms with Gasteiger partial charge in [-0.2, -0.15) is 0 Å². The molecule has 1 amide bonds. The Balaban J connectivity index is 2.02. The SMILES string of the molecule is CCCNc1cc(NCC2CCC(=O)N2)nc(C(C)C)n1. The second kappa shape index (κ2) is 7.24. The molecule has 3 N–H and O–H groups in total. The Morgan fingerprint density at radius 2 is 2.05 bits per heavy atom. The monoisotopic (exact) mass is 291 g/mol. The zero-order valence-corrected chi connectivity index (χ0v) is 13.1. The molecule has 1 aliphatic rings.